The predicted octanol–water partition coefficient (Wildman–Crippen LogP) is 1.83. The van der Waals surface area contributed by atoms with E-state index in [0.717, 1.165) is 13.1 Å². The lowest BCUT2D eigenvalue weighted by Crippen LogP contribution is -2.30. The first-order chi connectivity index (χ1) is 8.78. The number of pyridine rings is 1. The molecule has 0 spiro atoms. The Bertz CT molecular complexity index is 491. The third-order valence-electron chi connectivity index (χ3n) is 4.13. The van der Waals surface area contributed by atoms with Crippen molar-refractivity contribution in [3.63, 3.8) is 0 Å². The smallest absolute Gasteiger partial charge is 0.272 e. The van der Waals surface area contributed by atoms with Gasteiger partial charge in [0.15, 0.2) is 0 Å². The number of hydrogen-bond acceptors (Lipinski definition) is 3. The van der Waals surface area contributed by atoms with E-state index >= 15 is 0 Å². The molecule has 2 unspecified atom stereocenters. The molecule has 0 aromatic carbocycles. The van der Waals surface area contributed by atoms with Crippen molar-refractivity contribution in [2.75, 3.05) is 13.1 Å². The number of carbonyl (C=O) groups excluding carboxylic acids is 1. The number of fused-ring (bicyclic) bond motifs is 1. The Morgan fingerprint density at radius 1 is 1.33 bits per heavy atom. The highest BCUT2D eigenvalue weighted by Gasteiger charge is 2.38. The summed E-state index contributed by atoms with van der Waals surface area (Å²) in [6.07, 6.45) is 5.29. The maximum absolute atomic E-state index is 12.3. The Balaban J connectivity index is 1.73. The predicted molar refractivity (Wildman–Crippen MR) is 65.7 cm³/mol. The van der Waals surface area contributed by atoms with Crippen molar-refractivity contribution < 1.29 is 4.79 Å². The molecular weight excluding hydrogens is 226 g/mol. The molecule has 18 heavy (non-hydrogen) atoms. The second kappa shape index (κ2) is 4.41. The molecule has 2 atom stereocenters. The molecule has 4 heteroatoms. The largest absolute Gasteiger partial charge is 0.337 e. The molecule has 1 aromatic heterocycles. The standard InChI is InChI=1S/C14H15N3O/c15-6-10-4-5-13(16-7-10)14(18)17-8-11-2-1-3-12(11)9-17/h4-5,7,11-12H,1-3,8-9H2. The van der Waals surface area contributed by atoms with Crippen molar-refractivity contribution in [3.8, 4) is 6.07 Å². The van der Waals surface area contributed by atoms with Crippen molar-refractivity contribution in [1.29, 1.82) is 5.26 Å². The second-order valence-corrected chi connectivity index (χ2v) is 5.21. The number of hydrogen-bond donors (Lipinski definition) is 0. The normalized spacial score (nSPS) is 25.8. The molecule has 3 rings (SSSR count). The van der Waals surface area contributed by atoms with Gasteiger partial charge in [0.25, 0.3) is 5.91 Å². The number of amides is 1. The lowest BCUT2D eigenvalue weighted by atomic mass is 10.0. The molecule has 2 fully saturated rings. The minimum absolute atomic E-state index is 0.00823. The van der Waals surface area contributed by atoms with Gasteiger partial charge in [-0.25, -0.2) is 4.98 Å². The highest BCUT2D eigenvalue weighted by atomic mass is 16.2. The number of nitriles is 1. The van der Waals surface area contributed by atoms with Gasteiger partial charge in [-0.05, 0) is 36.8 Å². The number of aromatic nitrogens is 1. The summed E-state index contributed by atoms with van der Waals surface area (Å²) >= 11 is 0. The molecule has 1 saturated carbocycles. The lowest BCUT2D eigenvalue weighted by molar-refractivity contribution is 0.0775. The topological polar surface area (TPSA) is 57.0 Å². The van der Waals surface area contributed by atoms with Crippen LogP contribution in [0.3, 0.4) is 0 Å². The number of rotatable bonds is 1. The van der Waals surface area contributed by atoms with Gasteiger partial charge in [0.2, 0.25) is 0 Å². The fraction of sp³-hybridized carbons (Fsp3) is 0.500. The minimum Gasteiger partial charge on any atom is -0.337 e. The fourth-order valence-corrected chi connectivity index (χ4v) is 3.15. The van der Waals surface area contributed by atoms with Crippen molar-refractivity contribution in [3.05, 3.63) is 29.6 Å². The summed E-state index contributed by atoms with van der Waals surface area (Å²) in [6.45, 7) is 1.76. The quantitative estimate of drug-likeness (QED) is 0.753. The van der Waals surface area contributed by atoms with Crippen LogP contribution < -0.4 is 0 Å². The van der Waals surface area contributed by atoms with Crippen molar-refractivity contribution >= 4 is 5.91 Å². The zero-order valence-corrected chi connectivity index (χ0v) is 10.2. The maximum Gasteiger partial charge on any atom is 0.272 e. The molecular formula is C14H15N3O. The Kier molecular flexibility index (Phi) is 2.75. The van der Waals surface area contributed by atoms with E-state index in [-0.39, 0.29) is 5.91 Å². The van der Waals surface area contributed by atoms with E-state index in [1.165, 1.54) is 25.5 Å². The maximum atomic E-state index is 12.3. The van der Waals surface area contributed by atoms with Gasteiger partial charge in [-0.15, -0.1) is 0 Å². The zero-order valence-electron chi connectivity index (χ0n) is 10.2. The van der Waals surface area contributed by atoms with Crippen LogP contribution in [0, 0.1) is 23.2 Å². The van der Waals surface area contributed by atoms with Crippen LogP contribution in [0.25, 0.3) is 0 Å². The van der Waals surface area contributed by atoms with Gasteiger partial charge in [-0.3, -0.25) is 4.79 Å². The molecule has 4 nitrogen and oxygen atoms in total. The minimum atomic E-state index is 0.00823. The fourth-order valence-electron chi connectivity index (χ4n) is 3.15. The molecule has 1 aliphatic heterocycles. The summed E-state index contributed by atoms with van der Waals surface area (Å²) in [5.74, 6) is 1.41. The van der Waals surface area contributed by atoms with Crippen molar-refractivity contribution in [2.24, 2.45) is 11.8 Å². The average Bonchev–Trinajstić information content (AvgIpc) is 2.99. The number of likely N-dealkylation sites (tertiary alicyclic amines) is 1. The van der Waals surface area contributed by atoms with Crippen LogP contribution in [-0.4, -0.2) is 28.9 Å². The van der Waals surface area contributed by atoms with E-state index in [1.54, 1.807) is 12.1 Å². The van der Waals surface area contributed by atoms with E-state index in [1.807, 2.05) is 11.0 Å². The number of nitrogens with zero attached hydrogens (tertiary/aromatic N) is 3. The summed E-state index contributed by atoms with van der Waals surface area (Å²) in [6, 6.07) is 5.31. The van der Waals surface area contributed by atoms with Crippen LogP contribution in [0.4, 0.5) is 0 Å². The van der Waals surface area contributed by atoms with E-state index in [0.29, 0.717) is 23.1 Å². The van der Waals surface area contributed by atoms with Gasteiger partial charge >= 0.3 is 0 Å². The van der Waals surface area contributed by atoms with Gasteiger partial charge in [0.1, 0.15) is 11.8 Å². The average molecular weight is 241 g/mol. The van der Waals surface area contributed by atoms with E-state index in [2.05, 4.69) is 4.98 Å². The van der Waals surface area contributed by atoms with Crippen LogP contribution >= 0.6 is 0 Å². The first-order valence-corrected chi connectivity index (χ1v) is 6.43. The second-order valence-electron chi connectivity index (χ2n) is 5.21. The molecule has 0 radical (unpaired) electrons. The van der Waals surface area contributed by atoms with Crippen LogP contribution in [0.2, 0.25) is 0 Å². The summed E-state index contributed by atoms with van der Waals surface area (Å²) < 4.78 is 0. The molecule has 1 aliphatic carbocycles. The summed E-state index contributed by atoms with van der Waals surface area (Å²) in [7, 11) is 0. The van der Waals surface area contributed by atoms with Crippen LogP contribution in [0.15, 0.2) is 18.3 Å². The summed E-state index contributed by atoms with van der Waals surface area (Å²) in [4.78, 5) is 18.3. The van der Waals surface area contributed by atoms with Crippen molar-refractivity contribution in [2.45, 2.75) is 19.3 Å². The summed E-state index contributed by atoms with van der Waals surface area (Å²) in [5, 5.41) is 8.70. The number of carbonyl (C=O) groups is 1. The summed E-state index contributed by atoms with van der Waals surface area (Å²) in [5.41, 5.74) is 0.943. The Labute approximate surface area is 106 Å². The Morgan fingerprint density at radius 2 is 2.06 bits per heavy atom. The first kappa shape index (κ1) is 11.2. The first-order valence-electron chi connectivity index (χ1n) is 6.43. The van der Waals surface area contributed by atoms with E-state index in [4.69, 9.17) is 5.26 Å². The SMILES string of the molecule is N#Cc1ccc(C(=O)N2CC3CCCC3C2)nc1. The zero-order chi connectivity index (χ0) is 12.5. The Hall–Kier alpha value is -1.89. The molecule has 2 aliphatic rings. The monoisotopic (exact) mass is 241 g/mol. The molecule has 0 N–H and O–H groups in total. The van der Waals surface area contributed by atoms with Gasteiger partial charge in [0.05, 0.1) is 5.56 Å². The van der Waals surface area contributed by atoms with Crippen LogP contribution in [0.5, 0.6) is 0 Å². The van der Waals surface area contributed by atoms with Gasteiger partial charge in [0, 0.05) is 19.3 Å². The molecule has 0 bridgehead atoms. The molecule has 1 amide bonds. The van der Waals surface area contributed by atoms with Crippen LogP contribution in [0.1, 0.15) is 35.3 Å². The highest BCUT2D eigenvalue weighted by molar-refractivity contribution is 5.92. The molecule has 1 aromatic rings. The van der Waals surface area contributed by atoms with E-state index in [9.17, 15) is 4.79 Å². The van der Waals surface area contributed by atoms with Gasteiger partial charge in [-0.2, -0.15) is 5.26 Å². The van der Waals surface area contributed by atoms with Gasteiger partial charge in [-0.1, -0.05) is 6.42 Å². The Morgan fingerprint density at radius 3 is 2.61 bits per heavy atom. The molecule has 2 heterocycles. The lowest BCUT2D eigenvalue weighted by Gasteiger charge is -2.16. The highest BCUT2D eigenvalue weighted by Crippen LogP contribution is 2.37. The van der Waals surface area contributed by atoms with Gasteiger partial charge < -0.3 is 4.90 Å². The molecule has 1 saturated heterocycles. The van der Waals surface area contributed by atoms with Crippen molar-refractivity contribution in [1.82, 2.24) is 9.88 Å². The van der Waals surface area contributed by atoms with E-state index < -0.39 is 0 Å². The third kappa shape index (κ3) is 1.86. The molecule has 92 valence electrons. The third-order valence-corrected chi connectivity index (χ3v) is 4.13. The van der Waals surface area contributed by atoms with Crippen LogP contribution in [-0.2, 0) is 0 Å².